The van der Waals surface area contributed by atoms with Crippen LogP contribution in [0.4, 0.5) is 5.82 Å². The SMILES string of the molecule is C=C/C=C(\C=C/C)c1nccc(N)n1.CCCC. The molecule has 1 rings (SSSR count). The Bertz CT molecular complexity index is 404. The molecule has 0 amide bonds. The molecule has 1 aromatic rings. The minimum Gasteiger partial charge on any atom is -0.384 e. The molecule has 3 heteroatoms. The van der Waals surface area contributed by atoms with Crippen LogP contribution in [0.15, 0.2) is 43.1 Å². The number of aromatic nitrogens is 2. The number of allylic oxidation sites excluding steroid dienone is 5. The summed E-state index contributed by atoms with van der Waals surface area (Å²) in [5, 5.41) is 0. The molecule has 3 nitrogen and oxygen atoms in total. The highest BCUT2D eigenvalue weighted by Gasteiger charge is 1.99. The van der Waals surface area contributed by atoms with Crippen LogP contribution in [-0.2, 0) is 0 Å². The minimum absolute atomic E-state index is 0.467. The molecule has 0 fully saturated rings. The summed E-state index contributed by atoms with van der Waals surface area (Å²) >= 11 is 0. The molecule has 0 spiro atoms. The Morgan fingerprint density at radius 1 is 1.39 bits per heavy atom. The fourth-order valence-electron chi connectivity index (χ4n) is 1.02. The number of hydrogen-bond acceptors (Lipinski definition) is 3. The standard InChI is InChI=1S/C11H13N3.C4H10/c1-3-5-9(6-4-2)11-13-8-7-10(12)14-11;1-3-4-2/h3-8H,1H2,2H3,(H2,12,13,14);3-4H2,1-2H3/b6-4-,9-5+;. The summed E-state index contributed by atoms with van der Waals surface area (Å²) in [5.74, 6) is 1.08. The van der Waals surface area contributed by atoms with Crippen LogP contribution < -0.4 is 5.73 Å². The van der Waals surface area contributed by atoms with Crippen LogP contribution in [0.1, 0.15) is 39.4 Å². The molecule has 2 N–H and O–H groups in total. The molecule has 0 saturated heterocycles. The Kier molecular flexibility index (Phi) is 9.18. The van der Waals surface area contributed by atoms with Crippen molar-refractivity contribution in [1.82, 2.24) is 9.97 Å². The maximum atomic E-state index is 5.56. The molecule has 18 heavy (non-hydrogen) atoms. The average molecular weight is 245 g/mol. The maximum absolute atomic E-state index is 5.56. The topological polar surface area (TPSA) is 51.8 Å². The second-order valence-corrected chi connectivity index (χ2v) is 3.66. The van der Waals surface area contributed by atoms with Gasteiger partial charge in [-0.3, -0.25) is 0 Å². The molecule has 1 aromatic heterocycles. The van der Waals surface area contributed by atoms with Gasteiger partial charge in [0.05, 0.1) is 0 Å². The molecule has 1 heterocycles. The van der Waals surface area contributed by atoms with Crippen LogP contribution in [0.2, 0.25) is 0 Å². The summed E-state index contributed by atoms with van der Waals surface area (Å²) in [4.78, 5) is 8.23. The van der Waals surface area contributed by atoms with Gasteiger partial charge in [0.25, 0.3) is 0 Å². The number of rotatable bonds is 4. The Labute approximate surface area is 110 Å². The molecule has 98 valence electrons. The highest BCUT2D eigenvalue weighted by Crippen LogP contribution is 2.11. The predicted octanol–water partition coefficient (Wildman–Crippen LogP) is 4.01. The molecule has 0 aromatic carbocycles. The summed E-state index contributed by atoms with van der Waals surface area (Å²) in [7, 11) is 0. The van der Waals surface area contributed by atoms with Crippen molar-refractivity contribution in [3.63, 3.8) is 0 Å². The lowest BCUT2D eigenvalue weighted by Gasteiger charge is -2.00. The zero-order chi connectivity index (χ0) is 13.8. The first kappa shape index (κ1) is 16.1. The van der Waals surface area contributed by atoms with Crippen molar-refractivity contribution < 1.29 is 0 Å². The molecule has 0 aliphatic rings. The lowest BCUT2D eigenvalue weighted by molar-refractivity contribution is 0.886. The lowest BCUT2D eigenvalue weighted by Crippen LogP contribution is -1.96. The third-order valence-electron chi connectivity index (χ3n) is 2.08. The van der Waals surface area contributed by atoms with Crippen LogP contribution in [0.25, 0.3) is 5.57 Å². The van der Waals surface area contributed by atoms with Crippen LogP contribution in [0.5, 0.6) is 0 Å². The molecule has 0 aliphatic carbocycles. The van der Waals surface area contributed by atoms with Crippen molar-refractivity contribution >= 4 is 11.4 Å². The summed E-state index contributed by atoms with van der Waals surface area (Å²) in [6.07, 6.45) is 11.6. The van der Waals surface area contributed by atoms with E-state index in [0.29, 0.717) is 11.6 Å². The predicted molar refractivity (Wildman–Crippen MR) is 80.0 cm³/mol. The second-order valence-electron chi connectivity index (χ2n) is 3.66. The number of hydrogen-bond donors (Lipinski definition) is 1. The number of unbranched alkanes of at least 4 members (excludes halogenated alkanes) is 1. The van der Waals surface area contributed by atoms with Gasteiger partial charge in [0.1, 0.15) is 5.82 Å². The summed E-state index contributed by atoms with van der Waals surface area (Å²) in [6.45, 7) is 9.93. The first-order valence-electron chi connectivity index (χ1n) is 6.23. The fraction of sp³-hybridized carbons (Fsp3) is 0.333. The highest BCUT2D eigenvalue weighted by molar-refractivity contribution is 5.71. The van der Waals surface area contributed by atoms with Gasteiger partial charge in [-0.1, -0.05) is 57.6 Å². The first-order valence-corrected chi connectivity index (χ1v) is 6.23. The van der Waals surface area contributed by atoms with Gasteiger partial charge in [-0.15, -0.1) is 0 Å². The number of nitrogens with zero attached hydrogens (tertiary/aromatic N) is 2. The first-order chi connectivity index (χ1) is 8.69. The Morgan fingerprint density at radius 3 is 2.50 bits per heavy atom. The van der Waals surface area contributed by atoms with Crippen LogP contribution in [-0.4, -0.2) is 9.97 Å². The Balaban J connectivity index is 0.000000631. The van der Waals surface area contributed by atoms with Crippen molar-refractivity contribution in [1.29, 1.82) is 0 Å². The molecule has 0 unspecified atom stereocenters. The van der Waals surface area contributed by atoms with Gasteiger partial charge >= 0.3 is 0 Å². The van der Waals surface area contributed by atoms with E-state index >= 15 is 0 Å². The van der Waals surface area contributed by atoms with E-state index in [4.69, 9.17) is 5.73 Å². The van der Waals surface area contributed by atoms with E-state index in [2.05, 4.69) is 30.4 Å². The molecule has 0 atom stereocenters. The summed E-state index contributed by atoms with van der Waals surface area (Å²) in [6, 6.07) is 1.66. The van der Waals surface area contributed by atoms with Crippen molar-refractivity contribution in [3.8, 4) is 0 Å². The van der Waals surface area contributed by atoms with Gasteiger partial charge in [-0.25, -0.2) is 9.97 Å². The van der Waals surface area contributed by atoms with Gasteiger partial charge in [-0.2, -0.15) is 0 Å². The average Bonchev–Trinajstić information content (AvgIpc) is 2.39. The molecule has 0 aliphatic heterocycles. The van der Waals surface area contributed by atoms with E-state index in [1.807, 2.05) is 25.2 Å². The maximum Gasteiger partial charge on any atom is 0.161 e. The highest BCUT2D eigenvalue weighted by atomic mass is 14.9. The smallest absolute Gasteiger partial charge is 0.161 e. The Hall–Kier alpha value is -1.90. The minimum atomic E-state index is 0.467. The van der Waals surface area contributed by atoms with Gasteiger partial charge in [0.15, 0.2) is 5.82 Å². The van der Waals surface area contributed by atoms with Crippen LogP contribution >= 0.6 is 0 Å². The van der Waals surface area contributed by atoms with E-state index in [9.17, 15) is 0 Å². The van der Waals surface area contributed by atoms with E-state index in [-0.39, 0.29) is 0 Å². The zero-order valence-electron chi connectivity index (χ0n) is 11.6. The largest absolute Gasteiger partial charge is 0.384 e. The van der Waals surface area contributed by atoms with E-state index in [1.54, 1.807) is 18.3 Å². The van der Waals surface area contributed by atoms with Crippen molar-refractivity contribution in [2.24, 2.45) is 0 Å². The number of nitrogen functional groups attached to an aromatic ring is 1. The molecule has 0 saturated carbocycles. The quantitative estimate of drug-likeness (QED) is 0.815. The Morgan fingerprint density at radius 2 is 2.06 bits per heavy atom. The third-order valence-corrected chi connectivity index (χ3v) is 2.08. The van der Waals surface area contributed by atoms with Crippen molar-refractivity contribution in [2.45, 2.75) is 33.6 Å². The van der Waals surface area contributed by atoms with Crippen molar-refractivity contribution in [3.05, 3.63) is 49.0 Å². The number of nitrogens with two attached hydrogens (primary N) is 1. The van der Waals surface area contributed by atoms with Crippen LogP contribution in [0.3, 0.4) is 0 Å². The van der Waals surface area contributed by atoms with Crippen molar-refractivity contribution in [2.75, 3.05) is 5.73 Å². The monoisotopic (exact) mass is 245 g/mol. The normalized spacial score (nSPS) is 10.9. The van der Waals surface area contributed by atoms with Gasteiger partial charge in [0.2, 0.25) is 0 Å². The molecule has 0 radical (unpaired) electrons. The third kappa shape index (κ3) is 6.63. The summed E-state index contributed by atoms with van der Waals surface area (Å²) in [5.41, 5.74) is 6.46. The van der Waals surface area contributed by atoms with E-state index < -0.39 is 0 Å². The van der Waals surface area contributed by atoms with E-state index in [1.165, 1.54) is 12.8 Å². The fourth-order valence-corrected chi connectivity index (χ4v) is 1.02. The molecular weight excluding hydrogens is 222 g/mol. The van der Waals surface area contributed by atoms with Gasteiger partial charge < -0.3 is 5.73 Å². The summed E-state index contributed by atoms with van der Waals surface area (Å²) < 4.78 is 0. The molecular formula is C15H23N3. The zero-order valence-corrected chi connectivity index (χ0v) is 11.6. The van der Waals surface area contributed by atoms with Crippen LogP contribution in [0, 0.1) is 0 Å². The van der Waals surface area contributed by atoms with Gasteiger partial charge in [-0.05, 0) is 13.0 Å². The molecule has 0 bridgehead atoms. The second kappa shape index (κ2) is 10.3. The lowest BCUT2D eigenvalue weighted by atomic mass is 10.2. The number of anilines is 1. The van der Waals surface area contributed by atoms with E-state index in [0.717, 1.165) is 5.57 Å². The van der Waals surface area contributed by atoms with Gasteiger partial charge in [0, 0.05) is 11.8 Å².